The highest BCUT2D eigenvalue weighted by molar-refractivity contribution is 5.91. The molecule has 1 amide bonds. The first-order valence-electron chi connectivity index (χ1n) is 9.57. The number of likely N-dealkylation sites (N-methyl/N-ethyl adjacent to an activating group) is 1. The largest absolute Gasteiger partial charge is 0.303 e. The van der Waals surface area contributed by atoms with E-state index in [-0.39, 0.29) is 0 Å². The molecule has 2 N–H and O–H groups in total. The van der Waals surface area contributed by atoms with E-state index in [1.807, 2.05) is 36.5 Å². The number of hydroxylamine groups is 1. The van der Waals surface area contributed by atoms with Gasteiger partial charge in [0, 0.05) is 30.8 Å². The molecule has 2 heterocycles. The maximum atomic E-state index is 11.2. The summed E-state index contributed by atoms with van der Waals surface area (Å²) in [7, 11) is 0. The van der Waals surface area contributed by atoms with Crippen molar-refractivity contribution in [3.8, 4) is 11.3 Å². The number of fused-ring (bicyclic) bond motifs is 1. The molecule has 0 atom stereocenters. The Morgan fingerprint density at radius 3 is 2.64 bits per heavy atom. The van der Waals surface area contributed by atoms with Gasteiger partial charge >= 0.3 is 0 Å². The number of hydrogen-bond donors (Lipinski definition) is 2. The van der Waals surface area contributed by atoms with Crippen LogP contribution >= 0.6 is 0 Å². The van der Waals surface area contributed by atoms with Crippen LogP contribution in [0, 0.1) is 0 Å². The van der Waals surface area contributed by atoms with Crippen LogP contribution in [0.1, 0.15) is 25.1 Å². The fourth-order valence-corrected chi connectivity index (χ4v) is 3.29. The number of imidazole rings is 1. The van der Waals surface area contributed by atoms with Crippen LogP contribution in [0.15, 0.2) is 54.7 Å². The van der Waals surface area contributed by atoms with Gasteiger partial charge in [-0.3, -0.25) is 10.0 Å². The van der Waals surface area contributed by atoms with E-state index in [1.165, 1.54) is 11.8 Å². The highest BCUT2D eigenvalue weighted by Gasteiger charge is 2.15. The number of pyridine rings is 1. The standard InChI is InChI=1S/C22H26N4O2/c1-3-25(4-2)14-13-19-22(18-8-6-5-7-9-18)23-20-16-17(12-15-26(19)20)10-11-21(27)24-28/h5-12,15-16,28H,3-4,13-14H2,1-2H3,(H,24,27). The minimum atomic E-state index is -0.562. The van der Waals surface area contributed by atoms with E-state index >= 15 is 0 Å². The van der Waals surface area contributed by atoms with Crippen molar-refractivity contribution in [3.63, 3.8) is 0 Å². The van der Waals surface area contributed by atoms with Gasteiger partial charge in [-0.25, -0.2) is 10.5 Å². The molecule has 3 aromatic rings. The maximum Gasteiger partial charge on any atom is 0.267 e. The number of nitrogens with one attached hydrogen (secondary N) is 1. The Morgan fingerprint density at radius 1 is 1.21 bits per heavy atom. The second kappa shape index (κ2) is 9.30. The van der Waals surface area contributed by atoms with Gasteiger partial charge in [0.1, 0.15) is 5.65 Å². The minimum Gasteiger partial charge on any atom is -0.303 e. The molecule has 0 saturated carbocycles. The van der Waals surface area contributed by atoms with Crippen LogP contribution < -0.4 is 5.48 Å². The molecule has 0 unspecified atom stereocenters. The molecule has 0 radical (unpaired) electrons. The molecular formula is C22H26N4O2. The van der Waals surface area contributed by atoms with Crippen molar-refractivity contribution in [2.75, 3.05) is 19.6 Å². The fraction of sp³-hybridized carbons (Fsp3) is 0.273. The molecule has 6 nitrogen and oxygen atoms in total. The number of aromatic nitrogens is 2. The van der Waals surface area contributed by atoms with Crippen LogP contribution in [0.25, 0.3) is 23.0 Å². The van der Waals surface area contributed by atoms with E-state index in [0.29, 0.717) is 0 Å². The van der Waals surface area contributed by atoms with E-state index in [2.05, 4.69) is 35.3 Å². The molecule has 28 heavy (non-hydrogen) atoms. The summed E-state index contributed by atoms with van der Waals surface area (Å²) >= 11 is 0. The first-order chi connectivity index (χ1) is 13.7. The molecule has 146 valence electrons. The summed E-state index contributed by atoms with van der Waals surface area (Å²) in [6.07, 6.45) is 5.82. The zero-order chi connectivity index (χ0) is 19.9. The summed E-state index contributed by atoms with van der Waals surface area (Å²) in [6, 6.07) is 14.1. The second-order valence-electron chi connectivity index (χ2n) is 6.55. The molecule has 1 aromatic carbocycles. The number of nitrogens with zero attached hydrogens (tertiary/aromatic N) is 3. The minimum absolute atomic E-state index is 0.562. The smallest absolute Gasteiger partial charge is 0.267 e. The van der Waals surface area contributed by atoms with Crippen molar-refractivity contribution < 1.29 is 10.0 Å². The summed E-state index contributed by atoms with van der Waals surface area (Å²) in [6.45, 7) is 7.37. The number of hydrogen-bond acceptors (Lipinski definition) is 4. The first-order valence-corrected chi connectivity index (χ1v) is 9.57. The van der Waals surface area contributed by atoms with Crippen LogP contribution in [0.3, 0.4) is 0 Å². The van der Waals surface area contributed by atoms with Crippen LogP contribution in [0.4, 0.5) is 0 Å². The Hall–Kier alpha value is -2.96. The van der Waals surface area contributed by atoms with Crippen molar-refractivity contribution in [1.82, 2.24) is 19.8 Å². The van der Waals surface area contributed by atoms with Gasteiger partial charge in [0.25, 0.3) is 5.91 Å². The van der Waals surface area contributed by atoms with Crippen LogP contribution in [-0.2, 0) is 11.2 Å². The molecule has 0 aliphatic rings. The second-order valence-corrected chi connectivity index (χ2v) is 6.55. The quantitative estimate of drug-likeness (QED) is 0.358. The van der Waals surface area contributed by atoms with E-state index in [9.17, 15) is 4.79 Å². The van der Waals surface area contributed by atoms with Crippen molar-refractivity contribution in [2.24, 2.45) is 0 Å². The Kier molecular flexibility index (Phi) is 6.57. The van der Waals surface area contributed by atoms with Gasteiger partial charge in [0.2, 0.25) is 0 Å². The molecule has 0 fully saturated rings. The summed E-state index contributed by atoms with van der Waals surface area (Å²) in [5.74, 6) is -0.562. The molecular weight excluding hydrogens is 352 g/mol. The number of benzene rings is 1. The third-order valence-corrected chi connectivity index (χ3v) is 4.89. The molecule has 0 aliphatic carbocycles. The SMILES string of the molecule is CCN(CC)CCc1c(-c2ccccc2)nc2cc(C=CC(=O)NO)ccn12. The monoisotopic (exact) mass is 378 g/mol. The number of amides is 1. The normalized spacial score (nSPS) is 11.6. The predicted molar refractivity (Wildman–Crippen MR) is 111 cm³/mol. The Labute approximate surface area is 165 Å². The molecule has 6 heteroatoms. The Balaban J connectivity index is 2.01. The number of carbonyl (C=O) groups excluding carboxylic acids is 1. The Morgan fingerprint density at radius 2 is 1.96 bits per heavy atom. The van der Waals surface area contributed by atoms with Gasteiger partial charge < -0.3 is 9.30 Å². The lowest BCUT2D eigenvalue weighted by atomic mass is 10.1. The summed E-state index contributed by atoms with van der Waals surface area (Å²) < 4.78 is 2.12. The van der Waals surface area contributed by atoms with Crippen LogP contribution in [0.2, 0.25) is 0 Å². The summed E-state index contributed by atoms with van der Waals surface area (Å²) in [5.41, 5.74) is 6.53. The van der Waals surface area contributed by atoms with E-state index in [0.717, 1.165) is 48.5 Å². The lowest BCUT2D eigenvalue weighted by molar-refractivity contribution is -0.124. The molecule has 0 aliphatic heterocycles. The topological polar surface area (TPSA) is 69.9 Å². The number of carbonyl (C=O) groups is 1. The van der Waals surface area contributed by atoms with Gasteiger partial charge in [-0.1, -0.05) is 44.2 Å². The molecule has 0 spiro atoms. The third kappa shape index (κ3) is 4.47. The third-order valence-electron chi connectivity index (χ3n) is 4.89. The lowest BCUT2D eigenvalue weighted by Gasteiger charge is -2.18. The zero-order valence-electron chi connectivity index (χ0n) is 16.3. The maximum absolute atomic E-state index is 11.2. The molecule has 0 saturated heterocycles. The van der Waals surface area contributed by atoms with E-state index < -0.39 is 5.91 Å². The van der Waals surface area contributed by atoms with Crippen molar-refractivity contribution in [3.05, 3.63) is 66.0 Å². The average Bonchev–Trinajstić information content (AvgIpc) is 3.11. The highest BCUT2D eigenvalue weighted by atomic mass is 16.5. The van der Waals surface area contributed by atoms with Gasteiger partial charge in [0.05, 0.1) is 11.4 Å². The summed E-state index contributed by atoms with van der Waals surface area (Å²) in [4.78, 5) is 18.5. The van der Waals surface area contributed by atoms with E-state index in [4.69, 9.17) is 10.2 Å². The predicted octanol–water partition coefficient (Wildman–Crippen LogP) is 3.40. The van der Waals surface area contributed by atoms with Crippen molar-refractivity contribution >= 4 is 17.6 Å². The molecule has 3 rings (SSSR count). The molecule has 0 bridgehead atoms. The lowest BCUT2D eigenvalue weighted by Crippen LogP contribution is -2.25. The van der Waals surface area contributed by atoms with E-state index in [1.54, 1.807) is 11.6 Å². The number of rotatable bonds is 8. The summed E-state index contributed by atoms with van der Waals surface area (Å²) in [5, 5.41) is 8.62. The van der Waals surface area contributed by atoms with Crippen LogP contribution in [0.5, 0.6) is 0 Å². The molecule has 2 aromatic heterocycles. The van der Waals surface area contributed by atoms with Gasteiger partial charge in [0.15, 0.2) is 0 Å². The van der Waals surface area contributed by atoms with Gasteiger partial charge in [-0.15, -0.1) is 0 Å². The van der Waals surface area contributed by atoms with Gasteiger partial charge in [-0.2, -0.15) is 0 Å². The zero-order valence-corrected chi connectivity index (χ0v) is 16.3. The Bertz CT molecular complexity index is 959. The highest BCUT2D eigenvalue weighted by Crippen LogP contribution is 2.25. The van der Waals surface area contributed by atoms with Crippen LogP contribution in [-0.4, -0.2) is 45.0 Å². The first kappa shape index (κ1) is 19.8. The fourth-order valence-electron chi connectivity index (χ4n) is 3.29. The van der Waals surface area contributed by atoms with Gasteiger partial charge in [-0.05, 0) is 36.9 Å². The average molecular weight is 378 g/mol. The van der Waals surface area contributed by atoms with Crippen molar-refractivity contribution in [2.45, 2.75) is 20.3 Å². The van der Waals surface area contributed by atoms with Crippen molar-refractivity contribution in [1.29, 1.82) is 0 Å².